The van der Waals surface area contributed by atoms with Gasteiger partial charge >= 0.3 is 0 Å². The van der Waals surface area contributed by atoms with Crippen molar-refractivity contribution in [2.24, 2.45) is 5.92 Å². The van der Waals surface area contributed by atoms with Crippen molar-refractivity contribution in [2.45, 2.75) is 37.8 Å². The van der Waals surface area contributed by atoms with Gasteiger partial charge in [-0.2, -0.15) is 0 Å². The smallest absolute Gasteiger partial charge is 0.247 e. The molecule has 1 unspecified atom stereocenters. The van der Waals surface area contributed by atoms with E-state index < -0.39 is 0 Å². The van der Waals surface area contributed by atoms with E-state index in [1.165, 1.54) is 0 Å². The summed E-state index contributed by atoms with van der Waals surface area (Å²) in [6, 6.07) is 10.6. The van der Waals surface area contributed by atoms with Crippen LogP contribution in [0.3, 0.4) is 0 Å². The molecule has 1 amide bonds. The van der Waals surface area contributed by atoms with Crippen molar-refractivity contribution in [3.63, 3.8) is 0 Å². The van der Waals surface area contributed by atoms with Crippen LogP contribution in [0.2, 0.25) is 0 Å². The maximum atomic E-state index is 12.4. The maximum absolute atomic E-state index is 12.4. The minimum absolute atomic E-state index is 0.123. The number of carbonyl (C=O) groups is 1. The quantitative estimate of drug-likeness (QED) is 0.858. The van der Waals surface area contributed by atoms with Gasteiger partial charge in [0.25, 0.3) is 0 Å². The molecular weight excluding hydrogens is 250 g/mol. The van der Waals surface area contributed by atoms with E-state index in [1.807, 2.05) is 41.3 Å². The summed E-state index contributed by atoms with van der Waals surface area (Å²) < 4.78 is 0. The predicted molar refractivity (Wildman–Crippen MR) is 78.9 cm³/mol. The Hall–Kier alpha value is -1.61. The van der Waals surface area contributed by atoms with E-state index in [4.69, 9.17) is 0 Å². The van der Waals surface area contributed by atoms with Gasteiger partial charge in [0.15, 0.2) is 0 Å². The largest absolute Gasteiger partial charge is 0.396 e. The van der Waals surface area contributed by atoms with Crippen LogP contribution in [0.1, 0.15) is 31.2 Å². The number of nitrogens with zero attached hydrogens (tertiary/aromatic N) is 1. The monoisotopic (exact) mass is 271 g/mol. The van der Waals surface area contributed by atoms with Crippen LogP contribution in [0.15, 0.2) is 36.4 Å². The van der Waals surface area contributed by atoms with Gasteiger partial charge in [0.1, 0.15) is 0 Å². The molecule has 20 heavy (non-hydrogen) atoms. The van der Waals surface area contributed by atoms with E-state index in [-0.39, 0.29) is 12.5 Å². The number of carbonyl (C=O) groups excluding carboxylic acids is 1. The van der Waals surface area contributed by atoms with Gasteiger partial charge in [-0.3, -0.25) is 4.79 Å². The molecule has 2 aliphatic heterocycles. The zero-order valence-corrected chi connectivity index (χ0v) is 11.6. The fourth-order valence-corrected chi connectivity index (χ4v) is 3.62. The second kappa shape index (κ2) is 5.80. The molecule has 2 heterocycles. The van der Waals surface area contributed by atoms with Gasteiger partial charge < -0.3 is 10.0 Å². The predicted octanol–water partition coefficient (Wildman–Crippen LogP) is 2.46. The number of hydrogen-bond donors (Lipinski definition) is 1. The van der Waals surface area contributed by atoms with Crippen molar-refractivity contribution in [3.8, 4) is 0 Å². The topological polar surface area (TPSA) is 40.5 Å². The average molecular weight is 271 g/mol. The summed E-state index contributed by atoms with van der Waals surface area (Å²) in [6.45, 7) is 0.259. The fourth-order valence-electron chi connectivity index (χ4n) is 3.62. The lowest BCUT2D eigenvalue weighted by molar-refractivity contribution is -0.131. The van der Waals surface area contributed by atoms with Crippen molar-refractivity contribution in [2.75, 3.05) is 6.61 Å². The molecule has 1 N–H and O–H groups in total. The van der Waals surface area contributed by atoms with Gasteiger partial charge in [0, 0.05) is 24.8 Å². The summed E-state index contributed by atoms with van der Waals surface area (Å²) in [5.41, 5.74) is 1.05. The third kappa shape index (κ3) is 2.63. The number of hydrogen-bond acceptors (Lipinski definition) is 2. The average Bonchev–Trinajstić information content (AvgIpc) is 2.76. The molecule has 3 nitrogen and oxygen atoms in total. The zero-order chi connectivity index (χ0) is 13.9. The summed E-state index contributed by atoms with van der Waals surface area (Å²) >= 11 is 0. The van der Waals surface area contributed by atoms with E-state index in [0.717, 1.165) is 31.2 Å². The lowest BCUT2D eigenvalue weighted by Gasteiger charge is -2.37. The van der Waals surface area contributed by atoms with Crippen LogP contribution in [0, 0.1) is 5.92 Å². The van der Waals surface area contributed by atoms with Gasteiger partial charge in [-0.25, -0.2) is 0 Å². The molecule has 3 heteroatoms. The Kier molecular flexibility index (Phi) is 3.88. The van der Waals surface area contributed by atoms with Crippen LogP contribution in [-0.4, -0.2) is 34.6 Å². The highest BCUT2D eigenvalue weighted by Gasteiger charge is 2.42. The van der Waals surface area contributed by atoms with Crippen LogP contribution in [0.5, 0.6) is 0 Å². The molecule has 0 spiro atoms. The van der Waals surface area contributed by atoms with Gasteiger partial charge in [-0.05, 0) is 43.2 Å². The maximum Gasteiger partial charge on any atom is 0.247 e. The van der Waals surface area contributed by atoms with Crippen LogP contribution < -0.4 is 0 Å². The van der Waals surface area contributed by atoms with Gasteiger partial charge in [-0.15, -0.1) is 0 Å². The third-order valence-corrected chi connectivity index (χ3v) is 4.56. The number of rotatable bonds is 3. The Morgan fingerprint density at radius 1 is 1.20 bits per heavy atom. The molecule has 0 saturated carbocycles. The molecule has 2 aliphatic rings. The Morgan fingerprint density at radius 3 is 2.45 bits per heavy atom. The molecule has 2 bridgehead atoms. The molecule has 2 fully saturated rings. The number of aliphatic hydroxyl groups excluding tert-OH is 1. The molecule has 3 rings (SSSR count). The molecular formula is C17H21NO2. The Morgan fingerprint density at radius 2 is 1.85 bits per heavy atom. The molecule has 0 radical (unpaired) electrons. The third-order valence-electron chi connectivity index (χ3n) is 4.56. The van der Waals surface area contributed by atoms with Crippen LogP contribution in [0.4, 0.5) is 0 Å². The molecule has 1 aromatic carbocycles. The van der Waals surface area contributed by atoms with E-state index in [1.54, 1.807) is 6.08 Å². The van der Waals surface area contributed by atoms with Crippen molar-refractivity contribution in [1.82, 2.24) is 4.90 Å². The molecule has 106 valence electrons. The van der Waals surface area contributed by atoms with Crippen molar-refractivity contribution >= 4 is 12.0 Å². The number of aliphatic hydroxyl groups is 1. The lowest BCUT2D eigenvalue weighted by atomic mass is 9.91. The summed E-state index contributed by atoms with van der Waals surface area (Å²) in [7, 11) is 0. The van der Waals surface area contributed by atoms with Crippen molar-refractivity contribution in [3.05, 3.63) is 42.0 Å². The summed E-state index contributed by atoms with van der Waals surface area (Å²) in [5.74, 6) is 0.507. The normalized spacial score (nSPS) is 29.1. The van der Waals surface area contributed by atoms with Gasteiger partial charge in [0.2, 0.25) is 5.91 Å². The first-order valence-corrected chi connectivity index (χ1v) is 7.44. The molecule has 0 aliphatic carbocycles. The standard InChI is InChI=1S/C17H21NO2/c19-12-14-10-15-7-8-16(11-14)18(15)17(20)9-6-13-4-2-1-3-5-13/h1-6,9,14-16,19H,7-8,10-12H2/b9-6+/t14?,15-,16+. The van der Waals surface area contributed by atoms with E-state index in [9.17, 15) is 9.90 Å². The molecule has 2 saturated heterocycles. The van der Waals surface area contributed by atoms with Crippen LogP contribution in [-0.2, 0) is 4.79 Å². The number of fused-ring (bicyclic) bond motifs is 2. The SMILES string of the molecule is O=C(/C=C/c1ccccc1)N1[C@@H]2CC[C@H]1CC(CO)C2. The number of benzene rings is 1. The van der Waals surface area contributed by atoms with Gasteiger partial charge in [0.05, 0.1) is 0 Å². The second-order valence-corrected chi connectivity index (χ2v) is 5.89. The highest BCUT2D eigenvalue weighted by Crippen LogP contribution is 2.38. The zero-order valence-electron chi connectivity index (χ0n) is 11.6. The molecule has 0 aromatic heterocycles. The van der Waals surface area contributed by atoms with Crippen molar-refractivity contribution < 1.29 is 9.90 Å². The summed E-state index contributed by atoms with van der Waals surface area (Å²) in [4.78, 5) is 14.5. The van der Waals surface area contributed by atoms with E-state index in [2.05, 4.69) is 0 Å². The molecule has 3 atom stereocenters. The summed E-state index contributed by atoms with van der Waals surface area (Å²) in [6.07, 6.45) is 7.67. The van der Waals surface area contributed by atoms with Crippen LogP contribution in [0.25, 0.3) is 6.08 Å². The highest BCUT2D eigenvalue weighted by atomic mass is 16.3. The fraction of sp³-hybridized carbons (Fsp3) is 0.471. The number of piperidine rings is 1. The summed E-state index contributed by atoms with van der Waals surface area (Å²) in [5, 5.41) is 9.31. The van der Waals surface area contributed by atoms with Crippen LogP contribution >= 0.6 is 0 Å². The Labute approximate surface area is 119 Å². The first kappa shape index (κ1) is 13.4. The minimum atomic E-state index is 0.123. The first-order chi connectivity index (χ1) is 9.78. The first-order valence-electron chi connectivity index (χ1n) is 7.44. The lowest BCUT2D eigenvalue weighted by Crippen LogP contribution is -2.46. The molecule has 1 aromatic rings. The van der Waals surface area contributed by atoms with Crippen molar-refractivity contribution in [1.29, 1.82) is 0 Å². The van der Waals surface area contributed by atoms with E-state index in [0.29, 0.717) is 18.0 Å². The second-order valence-electron chi connectivity index (χ2n) is 5.89. The minimum Gasteiger partial charge on any atom is -0.396 e. The highest BCUT2D eigenvalue weighted by molar-refractivity contribution is 5.92. The Bertz CT molecular complexity index is 483. The Balaban J connectivity index is 1.68. The van der Waals surface area contributed by atoms with Gasteiger partial charge in [-0.1, -0.05) is 30.3 Å². The van der Waals surface area contributed by atoms with E-state index >= 15 is 0 Å². The number of amides is 1.